The van der Waals surface area contributed by atoms with E-state index in [-0.39, 0.29) is 5.91 Å². The molecule has 0 spiro atoms. The van der Waals surface area contributed by atoms with Gasteiger partial charge in [0.15, 0.2) is 11.5 Å². The average molecular weight is 316 g/mol. The highest BCUT2D eigenvalue weighted by Crippen LogP contribution is 2.09. The molecule has 120 valence electrons. The number of nitrogens with one attached hydrogen (secondary N) is 1. The molecule has 0 unspecified atom stereocenters. The number of amides is 1. The molecule has 0 aliphatic heterocycles. The maximum absolute atomic E-state index is 12.3. The number of hydrogen-bond donors (Lipinski definition) is 1. The van der Waals surface area contributed by atoms with Crippen LogP contribution in [0.5, 0.6) is 0 Å². The molecule has 0 aliphatic rings. The molecule has 9 heteroatoms. The molecule has 3 heterocycles. The first kappa shape index (κ1) is 15.1. The van der Waals surface area contributed by atoms with Gasteiger partial charge < -0.3 is 14.6 Å². The van der Waals surface area contributed by atoms with Crippen molar-refractivity contribution in [3.05, 3.63) is 41.4 Å². The van der Waals surface area contributed by atoms with Crippen molar-refractivity contribution in [1.82, 2.24) is 30.1 Å². The minimum absolute atomic E-state index is 0.218. The van der Waals surface area contributed by atoms with Crippen LogP contribution in [0.15, 0.2) is 23.0 Å². The Hall–Kier alpha value is -2.81. The molecular formula is C14H16N6O3. The number of hydrogen-bond acceptors (Lipinski definition) is 7. The fraction of sp³-hybridized carbons (Fsp3) is 0.357. The zero-order chi connectivity index (χ0) is 16.2. The minimum atomic E-state index is -0.218. The number of nitrogens with zero attached hydrogens (tertiary/aromatic N) is 5. The van der Waals surface area contributed by atoms with Gasteiger partial charge >= 0.3 is 0 Å². The third-order valence-electron chi connectivity index (χ3n) is 3.31. The van der Waals surface area contributed by atoms with Gasteiger partial charge in [0.25, 0.3) is 5.91 Å². The standard InChI is InChI=1S/C14H16N6O3/c1-9-10(7-16-12-3-6-17-20(9)12)14(21)15-5-4-13-18-11(8-22-2)19-23-13/h3,6-7H,4-5,8H2,1-2H3,(H,15,21). The maximum atomic E-state index is 12.3. The van der Waals surface area contributed by atoms with Crippen molar-refractivity contribution >= 4 is 11.6 Å². The summed E-state index contributed by atoms with van der Waals surface area (Å²) in [5, 5.41) is 10.7. The lowest BCUT2D eigenvalue weighted by molar-refractivity contribution is 0.0951. The minimum Gasteiger partial charge on any atom is -0.377 e. The normalized spacial score (nSPS) is 11.0. The highest BCUT2D eigenvalue weighted by molar-refractivity contribution is 5.95. The van der Waals surface area contributed by atoms with Gasteiger partial charge in [-0.05, 0) is 6.92 Å². The zero-order valence-corrected chi connectivity index (χ0v) is 12.8. The third kappa shape index (κ3) is 3.19. The van der Waals surface area contributed by atoms with Crippen molar-refractivity contribution in [1.29, 1.82) is 0 Å². The van der Waals surface area contributed by atoms with Crippen molar-refractivity contribution in [3.63, 3.8) is 0 Å². The first-order chi connectivity index (χ1) is 11.2. The molecular weight excluding hydrogens is 300 g/mol. The van der Waals surface area contributed by atoms with Crippen LogP contribution < -0.4 is 5.32 Å². The van der Waals surface area contributed by atoms with E-state index in [0.29, 0.717) is 42.5 Å². The molecule has 3 rings (SSSR count). The van der Waals surface area contributed by atoms with E-state index in [4.69, 9.17) is 9.26 Å². The predicted molar refractivity (Wildman–Crippen MR) is 78.8 cm³/mol. The van der Waals surface area contributed by atoms with Crippen LogP contribution in [0.25, 0.3) is 5.65 Å². The molecule has 3 aromatic heterocycles. The summed E-state index contributed by atoms with van der Waals surface area (Å²) in [6.07, 6.45) is 3.63. The summed E-state index contributed by atoms with van der Waals surface area (Å²) < 4.78 is 11.6. The Morgan fingerprint density at radius 2 is 2.35 bits per heavy atom. The van der Waals surface area contributed by atoms with Crippen LogP contribution in [0.3, 0.4) is 0 Å². The first-order valence-corrected chi connectivity index (χ1v) is 7.07. The second kappa shape index (κ2) is 6.53. The topological polar surface area (TPSA) is 107 Å². The maximum Gasteiger partial charge on any atom is 0.254 e. The van der Waals surface area contributed by atoms with Gasteiger partial charge in [0, 0.05) is 32.3 Å². The highest BCUT2D eigenvalue weighted by atomic mass is 16.5. The molecule has 0 radical (unpaired) electrons. The molecule has 1 amide bonds. The van der Waals surface area contributed by atoms with Crippen molar-refractivity contribution in [2.75, 3.05) is 13.7 Å². The van der Waals surface area contributed by atoms with E-state index >= 15 is 0 Å². The number of methoxy groups -OCH3 is 1. The quantitative estimate of drug-likeness (QED) is 0.707. The number of rotatable bonds is 6. The van der Waals surface area contributed by atoms with Crippen molar-refractivity contribution in [2.45, 2.75) is 20.0 Å². The van der Waals surface area contributed by atoms with Crippen LogP contribution in [0.4, 0.5) is 0 Å². The Kier molecular flexibility index (Phi) is 4.29. The molecule has 0 fully saturated rings. The Labute approximate surface area is 131 Å². The highest BCUT2D eigenvalue weighted by Gasteiger charge is 2.13. The molecule has 0 aliphatic carbocycles. The van der Waals surface area contributed by atoms with Crippen molar-refractivity contribution in [3.8, 4) is 0 Å². The van der Waals surface area contributed by atoms with Gasteiger partial charge in [-0.25, -0.2) is 9.50 Å². The van der Waals surface area contributed by atoms with E-state index in [1.54, 1.807) is 30.1 Å². The Bertz CT molecular complexity index is 825. The first-order valence-electron chi connectivity index (χ1n) is 7.07. The van der Waals surface area contributed by atoms with Gasteiger partial charge in [0.1, 0.15) is 6.61 Å². The fourth-order valence-electron chi connectivity index (χ4n) is 2.17. The summed E-state index contributed by atoms with van der Waals surface area (Å²) >= 11 is 0. The van der Waals surface area contributed by atoms with E-state index in [0.717, 1.165) is 5.69 Å². The SMILES string of the molecule is COCc1noc(CCNC(=O)c2cnc3ccnn3c2C)n1. The number of carbonyl (C=O) groups excluding carboxylic acids is 1. The molecule has 1 N–H and O–H groups in total. The van der Waals surface area contributed by atoms with E-state index in [2.05, 4.69) is 25.5 Å². The smallest absolute Gasteiger partial charge is 0.254 e. The molecule has 3 aromatic rings. The fourth-order valence-corrected chi connectivity index (χ4v) is 2.17. The number of aryl methyl sites for hydroxylation is 1. The second-order valence-electron chi connectivity index (χ2n) is 4.90. The molecule has 23 heavy (non-hydrogen) atoms. The lowest BCUT2D eigenvalue weighted by atomic mass is 10.2. The molecule has 0 saturated carbocycles. The summed E-state index contributed by atoms with van der Waals surface area (Å²) in [6, 6.07) is 1.78. The summed E-state index contributed by atoms with van der Waals surface area (Å²) in [6.45, 7) is 2.50. The average Bonchev–Trinajstić information content (AvgIpc) is 3.17. The van der Waals surface area contributed by atoms with Crippen LogP contribution in [0, 0.1) is 6.92 Å². The number of ether oxygens (including phenoxy) is 1. The van der Waals surface area contributed by atoms with Crippen LogP contribution >= 0.6 is 0 Å². The Morgan fingerprint density at radius 1 is 1.48 bits per heavy atom. The summed E-state index contributed by atoms with van der Waals surface area (Å²) in [5.41, 5.74) is 1.92. The molecule has 0 bridgehead atoms. The number of aromatic nitrogens is 5. The number of carbonyl (C=O) groups is 1. The summed E-state index contributed by atoms with van der Waals surface area (Å²) in [4.78, 5) is 20.6. The third-order valence-corrected chi connectivity index (χ3v) is 3.31. The largest absolute Gasteiger partial charge is 0.377 e. The molecule has 9 nitrogen and oxygen atoms in total. The Morgan fingerprint density at radius 3 is 3.17 bits per heavy atom. The van der Waals surface area contributed by atoms with E-state index in [1.165, 1.54) is 0 Å². The van der Waals surface area contributed by atoms with Crippen LogP contribution in [-0.4, -0.2) is 44.3 Å². The van der Waals surface area contributed by atoms with Crippen LogP contribution in [-0.2, 0) is 17.8 Å². The van der Waals surface area contributed by atoms with Crippen molar-refractivity contribution in [2.24, 2.45) is 0 Å². The zero-order valence-electron chi connectivity index (χ0n) is 12.8. The van der Waals surface area contributed by atoms with E-state index in [1.807, 2.05) is 6.92 Å². The van der Waals surface area contributed by atoms with Gasteiger partial charge in [-0.1, -0.05) is 5.16 Å². The van der Waals surface area contributed by atoms with E-state index < -0.39 is 0 Å². The summed E-state index contributed by atoms with van der Waals surface area (Å²) in [7, 11) is 1.56. The van der Waals surface area contributed by atoms with Crippen LogP contribution in [0.2, 0.25) is 0 Å². The van der Waals surface area contributed by atoms with Gasteiger partial charge in [-0.3, -0.25) is 4.79 Å². The van der Waals surface area contributed by atoms with Gasteiger partial charge in [0.2, 0.25) is 5.89 Å². The van der Waals surface area contributed by atoms with Crippen molar-refractivity contribution < 1.29 is 14.1 Å². The molecule has 0 saturated heterocycles. The number of fused-ring (bicyclic) bond motifs is 1. The van der Waals surface area contributed by atoms with Gasteiger partial charge in [0.05, 0.1) is 17.5 Å². The predicted octanol–water partition coefficient (Wildman–Crippen LogP) is 0.540. The summed E-state index contributed by atoms with van der Waals surface area (Å²) in [5.74, 6) is 0.719. The van der Waals surface area contributed by atoms with Gasteiger partial charge in [-0.2, -0.15) is 10.1 Å². The second-order valence-corrected chi connectivity index (χ2v) is 4.90. The monoisotopic (exact) mass is 316 g/mol. The Balaban J connectivity index is 1.60. The van der Waals surface area contributed by atoms with E-state index in [9.17, 15) is 4.79 Å². The van der Waals surface area contributed by atoms with Crippen LogP contribution in [0.1, 0.15) is 27.8 Å². The van der Waals surface area contributed by atoms with Gasteiger partial charge in [-0.15, -0.1) is 0 Å². The molecule has 0 aromatic carbocycles. The lowest BCUT2D eigenvalue weighted by Gasteiger charge is -2.07. The lowest BCUT2D eigenvalue weighted by Crippen LogP contribution is -2.27. The molecule has 0 atom stereocenters.